The second-order valence-corrected chi connectivity index (χ2v) is 7.03. The Bertz CT molecular complexity index is 598. The number of aliphatic imine (C=N–C) groups is 2. The molecular formula is C15H18ClN3O2. The number of hydrogen-bond donors (Lipinski definition) is 0. The van der Waals surface area contributed by atoms with Gasteiger partial charge in [0.15, 0.2) is 0 Å². The van der Waals surface area contributed by atoms with Crippen LogP contribution in [0.3, 0.4) is 0 Å². The Balaban J connectivity index is 1.99. The third kappa shape index (κ3) is 3.02. The van der Waals surface area contributed by atoms with Crippen molar-refractivity contribution in [1.82, 2.24) is 4.98 Å². The normalized spacial score (nSPS) is 22.3. The number of pyridine rings is 1. The molecule has 0 saturated carbocycles. The van der Waals surface area contributed by atoms with Crippen molar-refractivity contribution in [2.24, 2.45) is 9.98 Å². The van der Waals surface area contributed by atoms with Crippen LogP contribution in [0.4, 0.5) is 0 Å². The van der Waals surface area contributed by atoms with Gasteiger partial charge in [0.05, 0.1) is 11.1 Å². The van der Waals surface area contributed by atoms with Crippen molar-refractivity contribution in [2.75, 3.05) is 13.2 Å². The Morgan fingerprint density at radius 3 is 1.67 bits per heavy atom. The molecule has 2 aliphatic heterocycles. The lowest BCUT2D eigenvalue weighted by Crippen LogP contribution is -2.17. The summed E-state index contributed by atoms with van der Waals surface area (Å²) in [5.74, 6) is 1.03. The predicted molar refractivity (Wildman–Crippen MR) is 82.4 cm³/mol. The van der Waals surface area contributed by atoms with Gasteiger partial charge in [-0.2, -0.15) is 0 Å². The minimum atomic E-state index is -0.233. The first-order valence-electron chi connectivity index (χ1n) is 6.88. The van der Waals surface area contributed by atoms with Crippen molar-refractivity contribution < 1.29 is 9.47 Å². The van der Waals surface area contributed by atoms with E-state index in [0.29, 0.717) is 41.4 Å². The van der Waals surface area contributed by atoms with E-state index in [1.54, 1.807) is 12.1 Å². The van der Waals surface area contributed by atoms with Gasteiger partial charge in [-0.25, -0.2) is 15.0 Å². The van der Waals surface area contributed by atoms with Crippen molar-refractivity contribution >= 4 is 23.4 Å². The molecule has 1 aromatic rings. The number of halogens is 1. The smallest absolute Gasteiger partial charge is 0.236 e. The molecule has 0 bridgehead atoms. The van der Waals surface area contributed by atoms with E-state index in [2.05, 4.69) is 15.0 Å². The monoisotopic (exact) mass is 307 g/mol. The van der Waals surface area contributed by atoms with Crippen LogP contribution in [0.1, 0.15) is 39.1 Å². The quantitative estimate of drug-likeness (QED) is 0.844. The molecule has 0 spiro atoms. The lowest BCUT2D eigenvalue weighted by molar-refractivity contribution is 0.278. The van der Waals surface area contributed by atoms with Crippen molar-refractivity contribution in [2.45, 2.75) is 38.8 Å². The van der Waals surface area contributed by atoms with Crippen LogP contribution in [-0.2, 0) is 9.47 Å². The largest absolute Gasteiger partial charge is 0.474 e. The summed E-state index contributed by atoms with van der Waals surface area (Å²) in [6, 6.07) is 3.48. The summed E-state index contributed by atoms with van der Waals surface area (Å²) in [6.07, 6.45) is 0. The molecule has 112 valence electrons. The van der Waals surface area contributed by atoms with Crippen molar-refractivity contribution in [1.29, 1.82) is 0 Å². The first-order valence-corrected chi connectivity index (χ1v) is 7.26. The third-order valence-electron chi connectivity index (χ3n) is 3.16. The molecule has 0 atom stereocenters. The first-order chi connectivity index (χ1) is 9.74. The lowest BCUT2D eigenvalue weighted by atomic mass is 10.1. The molecule has 0 saturated heterocycles. The standard InChI is InChI=1S/C15H18ClN3O2/c1-14(2)7-20-12(18-14)10-5-9(16)6-11(17-10)13-19-15(3,4)8-21-13/h5-6H,7-8H2,1-4H3. The molecule has 0 fully saturated rings. The van der Waals surface area contributed by atoms with Crippen LogP contribution < -0.4 is 0 Å². The van der Waals surface area contributed by atoms with Gasteiger partial charge in [0.2, 0.25) is 11.8 Å². The molecule has 0 N–H and O–H groups in total. The fraction of sp³-hybridized carbons (Fsp3) is 0.533. The molecule has 0 amide bonds. The Morgan fingerprint density at radius 2 is 1.33 bits per heavy atom. The topological polar surface area (TPSA) is 56.1 Å². The maximum Gasteiger partial charge on any atom is 0.236 e. The van der Waals surface area contributed by atoms with E-state index in [1.165, 1.54) is 0 Å². The first kappa shape index (κ1) is 14.3. The van der Waals surface area contributed by atoms with E-state index in [1.807, 2.05) is 27.7 Å². The predicted octanol–water partition coefficient (Wildman–Crippen LogP) is 2.85. The Morgan fingerprint density at radius 1 is 0.905 bits per heavy atom. The zero-order valence-corrected chi connectivity index (χ0v) is 13.4. The van der Waals surface area contributed by atoms with Gasteiger partial charge in [-0.15, -0.1) is 0 Å². The van der Waals surface area contributed by atoms with Gasteiger partial charge in [-0.05, 0) is 39.8 Å². The van der Waals surface area contributed by atoms with Gasteiger partial charge in [-0.1, -0.05) is 11.6 Å². The molecule has 0 aliphatic carbocycles. The van der Waals surface area contributed by atoms with Crippen LogP contribution >= 0.6 is 11.6 Å². The fourth-order valence-electron chi connectivity index (χ4n) is 2.15. The summed E-state index contributed by atoms with van der Waals surface area (Å²) >= 11 is 6.19. The summed E-state index contributed by atoms with van der Waals surface area (Å²) in [5.41, 5.74) is 0.754. The molecule has 21 heavy (non-hydrogen) atoms. The summed E-state index contributed by atoms with van der Waals surface area (Å²) in [5, 5.41) is 0.557. The van der Waals surface area contributed by atoms with Gasteiger partial charge in [-0.3, -0.25) is 0 Å². The molecule has 6 heteroatoms. The average Bonchev–Trinajstić information content (AvgIpc) is 2.91. The van der Waals surface area contributed by atoms with E-state index < -0.39 is 0 Å². The summed E-state index contributed by atoms with van der Waals surface area (Å²) in [4.78, 5) is 13.6. The number of nitrogens with zero attached hydrogens (tertiary/aromatic N) is 3. The van der Waals surface area contributed by atoms with E-state index in [0.717, 1.165) is 0 Å². The van der Waals surface area contributed by atoms with Crippen LogP contribution in [-0.4, -0.2) is 41.1 Å². The van der Waals surface area contributed by atoms with E-state index in [9.17, 15) is 0 Å². The lowest BCUT2D eigenvalue weighted by Gasteiger charge is -2.07. The number of hydrogen-bond acceptors (Lipinski definition) is 5. The van der Waals surface area contributed by atoms with Gasteiger partial charge in [0, 0.05) is 5.02 Å². The molecule has 0 unspecified atom stereocenters. The highest BCUT2D eigenvalue weighted by molar-refractivity contribution is 6.31. The molecule has 3 rings (SSSR count). The summed E-state index contributed by atoms with van der Waals surface area (Å²) in [6.45, 7) is 9.12. The Labute approximate surface area is 129 Å². The molecule has 2 aliphatic rings. The van der Waals surface area contributed by atoms with Crippen molar-refractivity contribution in [3.63, 3.8) is 0 Å². The molecule has 0 aromatic carbocycles. The van der Waals surface area contributed by atoms with Crippen molar-refractivity contribution in [3.05, 3.63) is 28.5 Å². The van der Waals surface area contributed by atoms with Crippen molar-refractivity contribution in [3.8, 4) is 0 Å². The molecule has 3 heterocycles. The highest BCUT2D eigenvalue weighted by atomic mass is 35.5. The van der Waals surface area contributed by atoms with Crippen LogP contribution in [0.5, 0.6) is 0 Å². The van der Waals surface area contributed by atoms with Crippen LogP contribution in [0.15, 0.2) is 22.1 Å². The summed E-state index contributed by atoms with van der Waals surface area (Å²) < 4.78 is 11.2. The minimum absolute atomic E-state index is 0.233. The minimum Gasteiger partial charge on any atom is -0.474 e. The summed E-state index contributed by atoms with van der Waals surface area (Å²) in [7, 11) is 0. The SMILES string of the molecule is CC1(C)COC(c2cc(Cl)cc(C3=NC(C)(C)CO3)n2)=N1. The zero-order chi connectivity index (χ0) is 15.3. The molecule has 5 nitrogen and oxygen atoms in total. The third-order valence-corrected chi connectivity index (χ3v) is 3.38. The van der Waals surface area contributed by atoms with Gasteiger partial charge in [0.1, 0.15) is 24.6 Å². The van der Waals surface area contributed by atoms with Gasteiger partial charge in [0.25, 0.3) is 0 Å². The number of aromatic nitrogens is 1. The van der Waals surface area contributed by atoms with Crippen LogP contribution in [0.25, 0.3) is 0 Å². The maximum atomic E-state index is 6.19. The highest BCUT2D eigenvalue weighted by Gasteiger charge is 2.30. The average molecular weight is 308 g/mol. The molecule has 1 aromatic heterocycles. The maximum absolute atomic E-state index is 6.19. The van der Waals surface area contributed by atoms with Gasteiger partial charge < -0.3 is 9.47 Å². The highest BCUT2D eigenvalue weighted by Crippen LogP contribution is 2.24. The van der Waals surface area contributed by atoms with Gasteiger partial charge >= 0.3 is 0 Å². The zero-order valence-electron chi connectivity index (χ0n) is 12.6. The van der Waals surface area contributed by atoms with E-state index in [4.69, 9.17) is 21.1 Å². The second kappa shape index (κ2) is 4.70. The Kier molecular flexibility index (Phi) is 3.20. The second-order valence-electron chi connectivity index (χ2n) is 6.59. The molecule has 0 radical (unpaired) electrons. The number of rotatable bonds is 2. The Hall–Kier alpha value is -1.62. The molecular weight excluding hydrogens is 290 g/mol. The van der Waals surface area contributed by atoms with E-state index >= 15 is 0 Å². The fourth-order valence-corrected chi connectivity index (χ4v) is 2.35. The van der Waals surface area contributed by atoms with Crippen LogP contribution in [0.2, 0.25) is 5.02 Å². The number of ether oxygens (including phenoxy) is 2. The van der Waals surface area contributed by atoms with E-state index in [-0.39, 0.29) is 11.1 Å². The van der Waals surface area contributed by atoms with Crippen LogP contribution in [0, 0.1) is 0 Å².